The number of benzene rings is 1. The second kappa shape index (κ2) is 5.64. The van der Waals surface area contributed by atoms with Gasteiger partial charge in [0.05, 0.1) is 0 Å². The second-order valence-corrected chi connectivity index (χ2v) is 4.74. The monoisotopic (exact) mass is 389 g/mol. The number of nitro groups is 1. The number of nitrogens with zero attached hydrogens (tertiary/aromatic N) is 1. The van der Waals surface area contributed by atoms with Crippen LogP contribution in [0, 0.1) is 10.1 Å². The highest BCUT2D eigenvalue weighted by molar-refractivity contribution is 9.11. The van der Waals surface area contributed by atoms with Gasteiger partial charge in [0.1, 0.15) is 5.69 Å². The Labute approximate surface area is 105 Å². The molecule has 0 bridgehead atoms. The normalized spacial score (nSPS) is 9.07. The SMILES string of the molecule is N.O=[N+]([O-])Nc1c(Br)cc(Br)cc1Br. The van der Waals surface area contributed by atoms with Crippen LogP contribution in [0.2, 0.25) is 0 Å². The van der Waals surface area contributed by atoms with Crippen LogP contribution in [0.15, 0.2) is 25.6 Å². The highest BCUT2D eigenvalue weighted by Gasteiger charge is 2.10. The molecule has 5 nitrogen and oxygen atoms in total. The molecule has 8 heteroatoms. The van der Waals surface area contributed by atoms with Gasteiger partial charge in [0, 0.05) is 13.4 Å². The fourth-order valence-corrected chi connectivity index (χ4v) is 3.18. The van der Waals surface area contributed by atoms with Crippen molar-refractivity contribution in [2.45, 2.75) is 0 Å². The average Bonchev–Trinajstić information content (AvgIpc) is 1.96. The first-order chi connectivity index (χ1) is 6.00. The quantitative estimate of drug-likeness (QED) is 0.593. The summed E-state index contributed by atoms with van der Waals surface area (Å²) in [7, 11) is 0. The van der Waals surface area contributed by atoms with E-state index >= 15 is 0 Å². The van der Waals surface area contributed by atoms with Gasteiger partial charge >= 0.3 is 0 Å². The van der Waals surface area contributed by atoms with E-state index in [-0.39, 0.29) is 6.15 Å². The maximum Gasteiger partial charge on any atom is 0.162 e. The van der Waals surface area contributed by atoms with Gasteiger partial charge in [0.2, 0.25) is 0 Å². The number of halogens is 3. The molecule has 14 heavy (non-hydrogen) atoms. The number of hydrazine groups is 1. The molecule has 0 saturated heterocycles. The van der Waals surface area contributed by atoms with Crippen molar-refractivity contribution in [1.29, 1.82) is 0 Å². The van der Waals surface area contributed by atoms with E-state index in [9.17, 15) is 10.1 Å². The lowest BCUT2D eigenvalue weighted by molar-refractivity contribution is -0.445. The van der Waals surface area contributed by atoms with Crippen molar-refractivity contribution < 1.29 is 5.03 Å². The number of rotatable bonds is 2. The third-order valence-corrected chi connectivity index (χ3v) is 2.92. The predicted molar refractivity (Wildman–Crippen MR) is 65.2 cm³/mol. The Morgan fingerprint density at radius 1 is 1.21 bits per heavy atom. The molecule has 0 atom stereocenters. The highest BCUT2D eigenvalue weighted by atomic mass is 79.9. The summed E-state index contributed by atoms with van der Waals surface area (Å²) in [6.07, 6.45) is 0. The molecular weight excluding hydrogens is 386 g/mol. The van der Waals surface area contributed by atoms with Crippen molar-refractivity contribution in [3.05, 3.63) is 35.7 Å². The highest BCUT2D eigenvalue weighted by Crippen LogP contribution is 2.34. The number of hydrogen-bond donors (Lipinski definition) is 2. The van der Waals surface area contributed by atoms with Crippen LogP contribution in [0.5, 0.6) is 0 Å². The van der Waals surface area contributed by atoms with Crippen LogP contribution in [-0.4, -0.2) is 5.03 Å². The summed E-state index contributed by atoms with van der Waals surface area (Å²) in [5, 5.41) is 9.59. The zero-order chi connectivity index (χ0) is 10.0. The first kappa shape index (κ1) is 13.8. The second-order valence-electron chi connectivity index (χ2n) is 2.11. The molecule has 0 aliphatic rings. The van der Waals surface area contributed by atoms with Crippen molar-refractivity contribution in [2.24, 2.45) is 0 Å². The molecule has 1 aromatic carbocycles. The predicted octanol–water partition coefficient (Wildman–Crippen LogP) is 3.74. The summed E-state index contributed by atoms with van der Waals surface area (Å²) in [4.78, 5) is 10.2. The summed E-state index contributed by atoms with van der Waals surface area (Å²) >= 11 is 9.65. The molecule has 0 spiro atoms. The van der Waals surface area contributed by atoms with Crippen LogP contribution in [0.4, 0.5) is 5.69 Å². The van der Waals surface area contributed by atoms with Crippen molar-refractivity contribution in [2.75, 3.05) is 5.43 Å². The Hall–Kier alpha value is -0.180. The van der Waals surface area contributed by atoms with E-state index in [1.54, 1.807) is 12.1 Å². The molecule has 1 aromatic rings. The minimum absolute atomic E-state index is 0. The Morgan fingerprint density at radius 2 is 1.64 bits per heavy atom. The average molecular weight is 392 g/mol. The third kappa shape index (κ3) is 3.52. The lowest BCUT2D eigenvalue weighted by Crippen LogP contribution is -2.08. The molecule has 0 unspecified atom stereocenters. The Kier molecular flexibility index (Phi) is 5.57. The molecule has 0 saturated carbocycles. The smallest absolute Gasteiger partial charge is 0.162 e. The summed E-state index contributed by atoms with van der Waals surface area (Å²) in [5.74, 6) is 0. The maximum atomic E-state index is 10.2. The minimum Gasteiger partial charge on any atom is -0.344 e. The molecule has 4 N–H and O–H groups in total. The van der Waals surface area contributed by atoms with Crippen LogP contribution < -0.4 is 11.6 Å². The van der Waals surface area contributed by atoms with Gasteiger partial charge in [-0.2, -0.15) is 0 Å². The maximum absolute atomic E-state index is 10.2. The number of anilines is 1. The lowest BCUT2D eigenvalue weighted by atomic mass is 10.3. The van der Waals surface area contributed by atoms with Gasteiger partial charge in [-0.15, -0.1) is 5.43 Å². The molecular formula is C6H6Br3N3O2. The van der Waals surface area contributed by atoms with Gasteiger partial charge in [0.15, 0.2) is 5.03 Å². The molecule has 78 valence electrons. The Bertz CT molecular complexity index is 335. The van der Waals surface area contributed by atoms with Gasteiger partial charge < -0.3 is 6.15 Å². The fraction of sp³-hybridized carbons (Fsp3) is 0. The zero-order valence-electron chi connectivity index (χ0n) is 6.76. The van der Waals surface area contributed by atoms with Crippen LogP contribution in [0.3, 0.4) is 0 Å². The molecule has 0 amide bonds. The van der Waals surface area contributed by atoms with Gasteiger partial charge in [0.25, 0.3) is 0 Å². The van der Waals surface area contributed by atoms with Crippen molar-refractivity contribution in [3.8, 4) is 0 Å². The van der Waals surface area contributed by atoms with Gasteiger partial charge in [-0.05, 0) is 44.0 Å². The van der Waals surface area contributed by atoms with E-state index < -0.39 is 5.03 Å². The Balaban J connectivity index is 0.00000169. The molecule has 0 radical (unpaired) electrons. The standard InChI is InChI=1S/C6H3Br3N2O2.H3N/c7-3-1-4(8)6(5(9)2-3)10-11(12)13;/h1-2,10H;1H3. The Morgan fingerprint density at radius 3 is 2.00 bits per heavy atom. The fourth-order valence-electron chi connectivity index (χ4n) is 0.740. The van der Waals surface area contributed by atoms with E-state index in [2.05, 4.69) is 53.2 Å². The largest absolute Gasteiger partial charge is 0.344 e. The first-order valence-corrected chi connectivity index (χ1v) is 5.44. The van der Waals surface area contributed by atoms with Crippen LogP contribution in [0.25, 0.3) is 0 Å². The third-order valence-electron chi connectivity index (χ3n) is 1.21. The lowest BCUT2D eigenvalue weighted by Gasteiger charge is -2.04. The van der Waals surface area contributed by atoms with Crippen molar-refractivity contribution in [3.63, 3.8) is 0 Å². The molecule has 0 aromatic heterocycles. The van der Waals surface area contributed by atoms with E-state index in [4.69, 9.17) is 0 Å². The molecule has 0 aliphatic heterocycles. The van der Waals surface area contributed by atoms with Gasteiger partial charge in [-0.1, -0.05) is 15.9 Å². The summed E-state index contributed by atoms with van der Waals surface area (Å²) in [5.41, 5.74) is 2.47. The topological polar surface area (TPSA) is 90.2 Å². The van der Waals surface area contributed by atoms with Crippen LogP contribution in [0.1, 0.15) is 0 Å². The summed E-state index contributed by atoms with van der Waals surface area (Å²) in [6.45, 7) is 0. The summed E-state index contributed by atoms with van der Waals surface area (Å²) in [6, 6.07) is 3.44. The minimum atomic E-state index is -0.612. The van der Waals surface area contributed by atoms with Gasteiger partial charge in [-0.25, -0.2) is 10.1 Å². The van der Waals surface area contributed by atoms with Crippen LogP contribution >= 0.6 is 47.8 Å². The zero-order valence-corrected chi connectivity index (χ0v) is 11.5. The summed E-state index contributed by atoms with van der Waals surface area (Å²) < 4.78 is 2.07. The van der Waals surface area contributed by atoms with Crippen molar-refractivity contribution in [1.82, 2.24) is 6.15 Å². The van der Waals surface area contributed by atoms with E-state index in [1.165, 1.54) is 0 Å². The van der Waals surface area contributed by atoms with Crippen LogP contribution in [-0.2, 0) is 0 Å². The van der Waals surface area contributed by atoms with E-state index in [0.717, 1.165) is 4.47 Å². The van der Waals surface area contributed by atoms with E-state index in [0.29, 0.717) is 14.6 Å². The number of nitrogens with one attached hydrogen (secondary N) is 1. The molecule has 0 aliphatic carbocycles. The molecule has 0 fully saturated rings. The van der Waals surface area contributed by atoms with Crippen molar-refractivity contribution >= 4 is 53.5 Å². The first-order valence-electron chi connectivity index (χ1n) is 3.06. The number of hydrogen-bond acceptors (Lipinski definition) is 3. The van der Waals surface area contributed by atoms with E-state index in [1.807, 2.05) is 0 Å². The molecule has 0 heterocycles. The van der Waals surface area contributed by atoms with Gasteiger partial charge in [-0.3, -0.25) is 0 Å². The molecule has 1 rings (SSSR count).